The third-order valence-corrected chi connectivity index (χ3v) is 6.05. The molecule has 9 nitrogen and oxygen atoms in total. The van der Waals surface area contributed by atoms with Gasteiger partial charge in [0.2, 0.25) is 0 Å². The van der Waals surface area contributed by atoms with E-state index in [0.29, 0.717) is 16.9 Å². The number of benzene rings is 1. The first-order valence-corrected chi connectivity index (χ1v) is 11.9. The summed E-state index contributed by atoms with van der Waals surface area (Å²) < 4.78 is 70.1. The van der Waals surface area contributed by atoms with E-state index in [-0.39, 0.29) is 28.8 Å². The largest absolute Gasteiger partial charge is 0.452 e. The minimum Gasteiger partial charge on any atom is -0.452 e. The van der Waals surface area contributed by atoms with Gasteiger partial charge in [0.1, 0.15) is 17.3 Å². The molecule has 0 amide bonds. The lowest BCUT2D eigenvalue weighted by molar-refractivity contribution is -0.146. The monoisotopic (exact) mass is 534 g/mol. The summed E-state index contributed by atoms with van der Waals surface area (Å²) in [5.74, 6) is -0.587. The Hall–Kier alpha value is -3.87. The first-order valence-electron chi connectivity index (χ1n) is 11.9. The fraction of sp³-hybridized carbons (Fsp3) is 0.400. The van der Waals surface area contributed by atoms with Crippen molar-refractivity contribution in [2.45, 2.75) is 64.7 Å². The number of epoxide rings is 1. The molecule has 2 unspecified atom stereocenters. The third kappa shape index (κ3) is 4.62. The van der Waals surface area contributed by atoms with Crippen LogP contribution in [0.25, 0.3) is 11.2 Å². The number of alkyl halides is 3. The van der Waals surface area contributed by atoms with Crippen LogP contribution in [0, 0.1) is 5.82 Å². The normalized spacial score (nSPS) is 17.8. The predicted molar refractivity (Wildman–Crippen MR) is 131 cm³/mol. The molecule has 202 valence electrons. The SMILES string of the molecule is CC(C)n1c(=O)[nH]c2nccc(Oc3ccc(NC4OC4c4cnn(C(C)(C)C)c4C(F)(F)F)cc3F)c21. The van der Waals surface area contributed by atoms with E-state index in [0.717, 1.165) is 16.9 Å². The van der Waals surface area contributed by atoms with Gasteiger partial charge in [0.15, 0.2) is 29.2 Å². The van der Waals surface area contributed by atoms with E-state index >= 15 is 0 Å². The van der Waals surface area contributed by atoms with E-state index in [4.69, 9.17) is 9.47 Å². The molecule has 0 saturated carbocycles. The first-order chi connectivity index (χ1) is 17.8. The lowest BCUT2D eigenvalue weighted by Gasteiger charge is -2.23. The van der Waals surface area contributed by atoms with Crippen molar-refractivity contribution >= 4 is 16.9 Å². The van der Waals surface area contributed by atoms with Crippen LogP contribution in [0.5, 0.6) is 11.5 Å². The number of nitrogens with one attached hydrogen (secondary N) is 2. The second kappa shape index (κ2) is 8.86. The molecule has 38 heavy (non-hydrogen) atoms. The number of H-pyrrole nitrogens is 1. The summed E-state index contributed by atoms with van der Waals surface area (Å²) in [4.78, 5) is 19.1. The predicted octanol–water partition coefficient (Wildman–Crippen LogP) is 5.72. The second-order valence-corrected chi connectivity index (χ2v) is 10.3. The van der Waals surface area contributed by atoms with Gasteiger partial charge < -0.3 is 14.8 Å². The van der Waals surface area contributed by atoms with Crippen molar-refractivity contribution in [3.63, 3.8) is 0 Å². The Kier molecular flexibility index (Phi) is 6.01. The van der Waals surface area contributed by atoms with E-state index in [9.17, 15) is 22.4 Å². The number of aromatic nitrogens is 5. The Morgan fingerprint density at radius 1 is 1.16 bits per heavy atom. The van der Waals surface area contributed by atoms with Crippen molar-refractivity contribution in [2.24, 2.45) is 0 Å². The molecular formula is C25H26F4N6O3. The minimum atomic E-state index is -4.63. The molecule has 2 N–H and O–H groups in total. The van der Waals surface area contributed by atoms with E-state index in [1.54, 1.807) is 20.8 Å². The number of pyridine rings is 1. The van der Waals surface area contributed by atoms with E-state index in [1.165, 1.54) is 29.0 Å². The highest BCUT2D eigenvalue weighted by molar-refractivity contribution is 5.78. The Labute approximate surface area is 214 Å². The Balaban J connectivity index is 1.35. The van der Waals surface area contributed by atoms with Gasteiger partial charge in [-0.25, -0.2) is 14.2 Å². The molecule has 5 rings (SSSR count). The Bertz CT molecular complexity index is 1560. The van der Waals surface area contributed by atoms with Crippen LogP contribution in [0.1, 0.15) is 58.0 Å². The summed E-state index contributed by atoms with van der Waals surface area (Å²) in [5, 5.41) is 6.84. The molecule has 1 aromatic carbocycles. The molecule has 4 heterocycles. The molecular weight excluding hydrogens is 508 g/mol. The van der Waals surface area contributed by atoms with Crippen LogP contribution in [0.2, 0.25) is 0 Å². The molecule has 0 radical (unpaired) electrons. The van der Waals surface area contributed by atoms with Gasteiger partial charge in [-0.2, -0.15) is 18.3 Å². The second-order valence-electron chi connectivity index (χ2n) is 10.3. The van der Waals surface area contributed by atoms with E-state index < -0.39 is 35.6 Å². The maximum Gasteiger partial charge on any atom is 0.433 e. The first kappa shape index (κ1) is 25.8. The van der Waals surface area contributed by atoms with Crippen molar-refractivity contribution in [1.29, 1.82) is 0 Å². The summed E-state index contributed by atoms with van der Waals surface area (Å²) in [6.07, 6.45) is -3.72. The summed E-state index contributed by atoms with van der Waals surface area (Å²) in [6.45, 7) is 8.54. The zero-order valence-electron chi connectivity index (χ0n) is 21.2. The van der Waals surface area contributed by atoms with E-state index in [2.05, 4.69) is 20.4 Å². The summed E-state index contributed by atoms with van der Waals surface area (Å²) in [5.41, 5.74) is -1.20. The summed E-state index contributed by atoms with van der Waals surface area (Å²) >= 11 is 0. The molecule has 0 spiro atoms. The number of aromatic amines is 1. The van der Waals surface area contributed by atoms with Gasteiger partial charge >= 0.3 is 11.9 Å². The maximum atomic E-state index is 15.0. The number of fused-ring (bicyclic) bond motifs is 1. The number of hydrogen-bond donors (Lipinski definition) is 2. The topological polar surface area (TPSA) is 102 Å². The van der Waals surface area contributed by atoms with Crippen LogP contribution in [-0.4, -0.2) is 30.5 Å². The number of imidazole rings is 1. The molecule has 3 aromatic heterocycles. The van der Waals surface area contributed by atoms with E-state index in [1.807, 2.05) is 13.8 Å². The fourth-order valence-corrected chi connectivity index (χ4v) is 4.38. The smallest absolute Gasteiger partial charge is 0.433 e. The number of nitrogens with zero attached hydrogens (tertiary/aromatic N) is 4. The van der Waals surface area contributed by atoms with Crippen LogP contribution >= 0.6 is 0 Å². The summed E-state index contributed by atoms with van der Waals surface area (Å²) in [7, 11) is 0. The number of rotatable bonds is 6. The van der Waals surface area contributed by atoms with Gasteiger partial charge in [-0.05, 0) is 46.8 Å². The molecule has 2 atom stereocenters. The molecule has 1 aliphatic rings. The number of halogens is 4. The van der Waals surface area contributed by atoms with Gasteiger partial charge in [0.25, 0.3) is 0 Å². The third-order valence-electron chi connectivity index (χ3n) is 6.05. The molecule has 0 aliphatic carbocycles. The van der Waals surface area contributed by atoms with Gasteiger partial charge in [-0.3, -0.25) is 14.2 Å². The Morgan fingerprint density at radius 2 is 1.89 bits per heavy atom. The number of anilines is 1. The van der Waals surface area contributed by atoms with Crippen molar-refractivity contribution in [3.8, 4) is 11.5 Å². The lowest BCUT2D eigenvalue weighted by atomic mass is 10.1. The van der Waals surface area contributed by atoms with Crippen LogP contribution in [0.4, 0.5) is 23.2 Å². The fourth-order valence-electron chi connectivity index (χ4n) is 4.38. The van der Waals surface area contributed by atoms with Gasteiger partial charge in [0, 0.05) is 35.6 Å². The Morgan fingerprint density at radius 3 is 2.53 bits per heavy atom. The van der Waals surface area contributed by atoms with Gasteiger partial charge in [0.05, 0.1) is 11.7 Å². The molecule has 1 aliphatic heterocycles. The average molecular weight is 535 g/mol. The van der Waals surface area contributed by atoms with Crippen molar-refractivity contribution in [2.75, 3.05) is 5.32 Å². The van der Waals surface area contributed by atoms with Crippen LogP contribution in [0.3, 0.4) is 0 Å². The van der Waals surface area contributed by atoms with Gasteiger partial charge in [-0.1, -0.05) is 0 Å². The molecule has 4 aromatic rings. The number of ether oxygens (including phenoxy) is 2. The average Bonchev–Trinajstić information content (AvgIpc) is 3.23. The number of hydrogen-bond acceptors (Lipinski definition) is 6. The zero-order valence-corrected chi connectivity index (χ0v) is 21.2. The highest BCUT2D eigenvalue weighted by Crippen LogP contribution is 2.46. The van der Waals surface area contributed by atoms with Crippen LogP contribution in [-0.2, 0) is 16.5 Å². The van der Waals surface area contributed by atoms with Gasteiger partial charge in [-0.15, -0.1) is 0 Å². The van der Waals surface area contributed by atoms with Crippen molar-refractivity contribution < 1.29 is 27.0 Å². The van der Waals surface area contributed by atoms with Crippen molar-refractivity contribution in [1.82, 2.24) is 24.3 Å². The van der Waals surface area contributed by atoms with Crippen LogP contribution in [0.15, 0.2) is 41.5 Å². The van der Waals surface area contributed by atoms with Crippen molar-refractivity contribution in [3.05, 3.63) is 64.2 Å². The highest BCUT2D eigenvalue weighted by atomic mass is 19.4. The molecule has 1 saturated heterocycles. The lowest BCUT2D eigenvalue weighted by Crippen LogP contribution is -2.29. The van der Waals surface area contributed by atoms with Crippen LogP contribution < -0.4 is 15.7 Å². The molecule has 1 fully saturated rings. The highest BCUT2D eigenvalue weighted by Gasteiger charge is 2.50. The summed E-state index contributed by atoms with van der Waals surface area (Å²) in [6, 6.07) is 5.39. The zero-order chi connectivity index (χ0) is 27.6. The quantitative estimate of drug-likeness (QED) is 0.243. The molecule has 13 heteroatoms. The maximum absolute atomic E-state index is 15.0. The standard InChI is InChI=1S/C25H26F4N6O3/c1-12(2)34-18-17(8-9-30-21(18)33-23(34)36)37-16-7-6-13(10-15(16)26)32-22-19(38-22)14-11-31-35(24(3,4)5)20(14)25(27,28)29/h6-12,19,22,32H,1-5H3,(H,30,33,36). The minimum absolute atomic E-state index is 0.0882. The molecule has 0 bridgehead atoms.